The highest BCUT2D eigenvalue weighted by molar-refractivity contribution is 5.78. The van der Waals surface area contributed by atoms with Gasteiger partial charge in [-0.1, -0.05) is 0 Å². The number of hydrogen-bond acceptors (Lipinski definition) is 2. The van der Waals surface area contributed by atoms with E-state index in [0.29, 0.717) is 24.9 Å². The Morgan fingerprint density at radius 3 is 2.33 bits per heavy atom. The Morgan fingerprint density at radius 2 is 1.87 bits per heavy atom. The fourth-order valence-electron chi connectivity index (χ4n) is 1.80. The topological polar surface area (TPSA) is 57.6 Å². The second kappa shape index (κ2) is 4.21. The number of nitrogens with zero attached hydrogens (tertiary/aromatic N) is 1. The van der Waals surface area contributed by atoms with Gasteiger partial charge in [-0.25, -0.2) is 0 Å². The highest BCUT2D eigenvalue weighted by Crippen LogP contribution is 2.35. The van der Waals surface area contributed by atoms with Crippen molar-refractivity contribution in [1.29, 1.82) is 0 Å². The maximum Gasteiger partial charge on any atom is 0.305 e. The molecule has 15 heavy (non-hydrogen) atoms. The number of hydrogen-bond donors (Lipinski definition) is 1. The van der Waals surface area contributed by atoms with Crippen molar-refractivity contribution in [1.82, 2.24) is 4.90 Å². The van der Waals surface area contributed by atoms with Gasteiger partial charge < -0.3 is 10.0 Å². The Bertz CT molecular complexity index is 269. The van der Waals surface area contributed by atoms with E-state index in [0.717, 1.165) is 12.8 Å². The maximum atomic E-state index is 11.8. The smallest absolute Gasteiger partial charge is 0.305 e. The van der Waals surface area contributed by atoms with E-state index < -0.39 is 5.97 Å². The number of carbonyl (C=O) groups is 2. The third-order valence-electron chi connectivity index (χ3n) is 3.03. The normalized spacial score (nSPS) is 20.0. The zero-order valence-corrected chi connectivity index (χ0v) is 8.82. The van der Waals surface area contributed by atoms with Gasteiger partial charge in [0.05, 0.1) is 6.42 Å². The van der Waals surface area contributed by atoms with Crippen LogP contribution in [0.1, 0.15) is 38.5 Å². The predicted octanol–water partition coefficient (Wildman–Crippen LogP) is 1.25. The Balaban J connectivity index is 1.80. The fourth-order valence-corrected chi connectivity index (χ4v) is 1.80. The summed E-state index contributed by atoms with van der Waals surface area (Å²) in [6, 6.07) is 0.343. The quantitative estimate of drug-likeness (QED) is 0.719. The van der Waals surface area contributed by atoms with Crippen LogP contribution in [0.3, 0.4) is 0 Å². The summed E-state index contributed by atoms with van der Waals surface area (Å²) in [7, 11) is 0. The Hall–Kier alpha value is -1.06. The minimum atomic E-state index is -0.820. The molecule has 2 fully saturated rings. The van der Waals surface area contributed by atoms with Crippen LogP contribution in [0.25, 0.3) is 0 Å². The summed E-state index contributed by atoms with van der Waals surface area (Å²) >= 11 is 0. The first kappa shape index (κ1) is 10.5. The first-order chi connectivity index (χ1) is 7.16. The predicted molar refractivity (Wildman–Crippen MR) is 54.3 cm³/mol. The number of carboxylic acid groups (broad SMARTS) is 1. The highest BCUT2D eigenvalue weighted by atomic mass is 16.4. The van der Waals surface area contributed by atoms with Crippen LogP contribution in [0.5, 0.6) is 0 Å². The average molecular weight is 211 g/mol. The van der Waals surface area contributed by atoms with E-state index in [-0.39, 0.29) is 12.3 Å². The Labute approximate surface area is 89.3 Å². The summed E-state index contributed by atoms with van der Waals surface area (Å²) in [6.07, 6.45) is 5.15. The standard InChI is InChI=1S/C11H17NO3/c13-10(7-8-1-2-8)12(9-3-4-9)6-5-11(14)15/h8-9H,1-7H2,(H,14,15). The molecule has 0 aromatic carbocycles. The van der Waals surface area contributed by atoms with Crippen LogP contribution in [0.4, 0.5) is 0 Å². The molecule has 0 atom stereocenters. The van der Waals surface area contributed by atoms with E-state index in [4.69, 9.17) is 5.11 Å². The number of amides is 1. The summed E-state index contributed by atoms with van der Waals surface area (Å²) in [5, 5.41) is 8.60. The van der Waals surface area contributed by atoms with E-state index in [9.17, 15) is 9.59 Å². The van der Waals surface area contributed by atoms with Crippen molar-refractivity contribution >= 4 is 11.9 Å². The Morgan fingerprint density at radius 1 is 1.20 bits per heavy atom. The van der Waals surface area contributed by atoms with Gasteiger partial charge in [-0.15, -0.1) is 0 Å². The summed E-state index contributed by atoms with van der Waals surface area (Å²) in [4.78, 5) is 24.1. The summed E-state index contributed by atoms with van der Waals surface area (Å²) < 4.78 is 0. The van der Waals surface area contributed by atoms with E-state index in [2.05, 4.69) is 0 Å². The van der Waals surface area contributed by atoms with Gasteiger partial charge in [0.2, 0.25) is 5.91 Å². The molecule has 84 valence electrons. The average Bonchev–Trinajstić information content (AvgIpc) is 2.97. The van der Waals surface area contributed by atoms with E-state index >= 15 is 0 Å². The van der Waals surface area contributed by atoms with Gasteiger partial charge in [0.1, 0.15) is 0 Å². The SMILES string of the molecule is O=C(O)CCN(C(=O)CC1CC1)C1CC1. The van der Waals surface area contributed by atoms with Crippen LogP contribution in [0.15, 0.2) is 0 Å². The van der Waals surface area contributed by atoms with E-state index in [1.165, 1.54) is 12.8 Å². The Kier molecular flexibility index (Phi) is 2.93. The molecule has 1 amide bonds. The van der Waals surface area contributed by atoms with Crippen molar-refractivity contribution in [2.45, 2.75) is 44.6 Å². The van der Waals surface area contributed by atoms with Gasteiger partial charge in [-0.05, 0) is 31.6 Å². The summed E-state index contributed by atoms with van der Waals surface area (Å²) in [5.41, 5.74) is 0. The molecule has 0 heterocycles. The lowest BCUT2D eigenvalue weighted by atomic mass is 10.2. The van der Waals surface area contributed by atoms with Crippen molar-refractivity contribution in [3.8, 4) is 0 Å². The molecule has 0 aliphatic heterocycles. The van der Waals surface area contributed by atoms with Gasteiger partial charge in [0.15, 0.2) is 0 Å². The van der Waals surface area contributed by atoms with Crippen LogP contribution in [-0.2, 0) is 9.59 Å². The van der Waals surface area contributed by atoms with Crippen molar-refractivity contribution < 1.29 is 14.7 Å². The number of carbonyl (C=O) groups excluding carboxylic acids is 1. The van der Waals surface area contributed by atoms with Crippen LogP contribution in [0.2, 0.25) is 0 Å². The van der Waals surface area contributed by atoms with Crippen molar-refractivity contribution in [3.05, 3.63) is 0 Å². The second-order valence-corrected chi connectivity index (χ2v) is 4.61. The second-order valence-electron chi connectivity index (χ2n) is 4.61. The lowest BCUT2D eigenvalue weighted by Gasteiger charge is -2.21. The van der Waals surface area contributed by atoms with Crippen molar-refractivity contribution in [3.63, 3.8) is 0 Å². The number of rotatable bonds is 6. The third kappa shape index (κ3) is 3.22. The lowest BCUT2D eigenvalue weighted by Crippen LogP contribution is -2.35. The molecule has 2 saturated carbocycles. The fraction of sp³-hybridized carbons (Fsp3) is 0.818. The molecule has 0 bridgehead atoms. The molecule has 0 aromatic heterocycles. The summed E-state index contributed by atoms with van der Waals surface area (Å²) in [6.45, 7) is 0.394. The minimum Gasteiger partial charge on any atom is -0.481 e. The van der Waals surface area contributed by atoms with Crippen LogP contribution >= 0.6 is 0 Å². The molecular formula is C11H17NO3. The first-order valence-electron chi connectivity index (χ1n) is 5.68. The molecule has 0 saturated heterocycles. The molecule has 1 N–H and O–H groups in total. The van der Waals surface area contributed by atoms with Gasteiger partial charge in [-0.3, -0.25) is 9.59 Å². The summed E-state index contributed by atoms with van der Waals surface area (Å²) in [5.74, 6) is -0.0651. The van der Waals surface area contributed by atoms with Gasteiger partial charge in [-0.2, -0.15) is 0 Å². The first-order valence-corrected chi connectivity index (χ1v) is 5.68. The minimum absolute atomic E-state index is 0.0763. The van der Waals surface area contributed by atoms with Crippen molar-refractivity contribution in [2.24, 2.45) is 5.92 Å². The lowest BCUT2D eigenvalue weighted by molar-refractivity contribution is -0.138. The molecule has 0 unspecified atom stereocenters. The van der Waals surface area contributed by atoms with Crippen molar-refractivity contribution in [2.75, 3.05) is 6.54 Å². The molecule has 4 nitrogen and oxygen atoms in total. The zero-order chi connectivity index (χ0) is 10.8. The van der Waals surface area contributed by atoms with Gasteiger partial charge in [0, 0.05) is 19.0 Å². The molecule has 0 aromatic rings. The third-order valence-corrected chi connectivity index (χ3v) is 3.03. The molecule has 2 aliphatic carbocycles. The van der Waals surface area contributed by atoms with Crippen LogP contribution in [0, 0.1) is 5.92 Å². The molecular weight excluding hydrogens is 194 g/mol. The monoisotopic (exact) mass is 211 g/mol. The highest BCUT2D eigenvalue weighted by Gasteiger charge is 2.35. The molecule has 0 radical (unpaired) electrons. The molecule has 2 rings (SSSR count). The van der Waals surface area contributed by atoms with E-state index in [1.54, 1.807) is 4.90 Å². The molecule has 2 aliphatic rings. The van der Waals surface area contributed by atoms with Crippen LogP contribution < -0.4 is 0 Å². The number of aliphatic carboxylic acids is 1. The maximum absolute atomic E-state index is 11.8. The molecule has 4 heteroatoms. The number of carboxylic acids is 1. The van der Waals surface area contributed by atoms with Crippen LogP contribution in [-0.4, -0.2) is 34.5 Å². The largest absolute Gasteiger partial charge is 0.481 e. The zero-order valence-electron chi connectivity index (χ0n) is 8.82. The molecule has 0 spiro atoms. The van der Waals surface area contributed by atoms with Gasteiger partial charge >= 0.3 is 5.97 Å². The van der Waals surface area contributed by atoms with E-state index in [1.807, 2.05) is 0 Å². The van der Waals surface area contributed by atoms with Gasteiger partial charge in [0.25, 0.3) is 0 Å².